The molecule has 2 N–H and O–H groups in total. The summed E-state index contributed by atoms with van der Waals surface area (Å²) in [6, 6.07) is 13.6. The van der Waals surface area contributed by atoms with Crippen LogP contribution >= 0.6 is 34.5 Å². The maximum absolute atomic E-state index is 13.3. The van der Waals surface area contributed by atoms with Crippen molar-refractivity contribution in [2.75, 3.05) is 11.9 Å². The molecule has 3 heterocycles. The van der Waals surface area contributed by atoms with Crippen LogP contribution in [0.15, 0.2) is 67.1 Å². The van der Waals surface area contributed by atoms with Gasteiger partial charge in [0.05, 0.1) is 13.2 Å². The highest BCUT2D eigenvalue weighted by atomic mass is 35.5. The van der Waals surface area contributed by atoms with Gasteiger partial charge in [0.15, 0.2) is 23.9 Å². The van der Waals surface area contributed by atoms with Crippen molar-refractivity contribution in [3.63, 3.8) is 0 Å². The van der Waals surface area contributed by atoms with Gasteiger partial charge in [-0.2, -0.15) is 8.78 Å². The highest BCUT2D eigenvalue weighted by Crippen LogP contribution is 2.38. The number of hydrogen-bond donors (Lipinski definition) is 1. The zero-order chi connectivity index (χ0) is 28.8. The normalized spacial score (nSPS) is 13.6. The Morgan fingerprint density at radius 1 is 1.10 bits per heavy atom. The molecule has 5 rings (SSSR count). The molecule has 214 valence electrons. The molecule has 0 aliphatic heterocycles. The topological polar surface area (TPSA) is 83.8 Å². The molecule has 1 aromatic carbocycles. The van der Waals surface area contributed by atoms with Crippen LogP contribution in [-0.2, 0) is 17.7 Å². The van der Waals surface area contributed by atoms with Crippen molar-refractivity contribution >= 4 is 46.3 Å². The predicted octanol–water partition coefficient (Wildman–Crippen LogP) is 7.41. The zero-order valence-corrected chi connectivity index (χ0v) is 23.9. The summed E-state index contributed by atoms with van der Waals surface area (Å²) in [5.41, 5.74) is 1.07. The third kappa shape index (κ3) is 8.06. The van der Waals surface area contributed by atoms with Gasteiger partial charge >= 0.3 is 12.6 Å². The lowest BCUT2D eigenvalue weighted by molar-refractivity contribution is -0.377. The maximum atomic E-state index is 13.3. The molecular formula is C29H26Cl2F2N3O4S+. The Kier molecular flexibility index (Phi) is 9.53. The van der Waals surface area contributed by atoms with Crippen molar-refractivity contribution in [1.82, 2.24) is 4.98 Å². The Balaban J connectivity index is 1.38. The summed E-state index contributed by atoms with van der Waals surface area (Å²) >= 11 is 14.1. The van der Waals surface area contributed by atoms with E-state index < -0.39 is 18.7 Å². The molecule has 4 aromatic rings. The number of ether oxygens (including phenoxy) is 3. The number of H-pyrrole nitrogens is 1. The SMILES string of the molecule is O=C(O[C@@H](Cc1c(Cl)c[nH+]cc1Cl)c1ccc(OC(F)F)c(OCC2CC2)c1)c1ccc(CNc2ccccn2)s1. The summed E-state index contributed by atoms with van der Waals surface area (Å²) in [4.78, 5) is 21.7. The Labute approximate surface area is 249 Å². The van der Waals surface area contributed by atoms with Gasteiger partial charge in [0.25, 0.3) is 0 Å². The largest absolute Gasteiger partial charge is 0.489 e. The number of carbonyl (C=O) groups excluding carboxylic acids is 1. The first-order valence-electron chi connectivity index (χ1n) is 12.9. The molecule has 1 saturated carbocycles. The van der Waals surface area contributed by atoms with Crippen molar-refractivity contribution < 1.29 is 32.8 Å². The van der Waals surface area contributed by atoms with Gasteiger partial charge in [-0.05, 0) is 60.7 Å². The zero-order valence-electron chi connectivity index (χ0n) is 21.6. The fourth-order valence-corrected chi connectivity index (χ4v) is 5.39. The molecule has 1 atom stereocenters. The number of halogens is 4. The Morgan fingerprint density at radius 3 is 2.61 bits per heavy atom. The molecule has 12 heteroatoms. The number of hydrogen-bond acceptors (Lipinski definition) is 7. The van der Waals surface area contributed by atoms with E-state index in [1.807, 2.05) is 24.3 Å². The van der Waals surface area contributed by atoms with E-state index in [4.69, 9.17) is 32.7 Å². The summed E-state index contributed by atoms with van der Waals surface area (Å²) < 4.78 is 42.7. The third-order valence-electron chi connectivity index (χ3n) is 6.33. The van der Waals surface area contributed by atoms with E-state index in [1.54, 1.807) is 36.8 Å². The van der Waals surface area contributed by atoms with E-state index >= 15 is 0 Å². The number of thiophene rings is 1. The highest BCUT2D eigenvalue weighted by Gasteiger charge is 2.27. The Hall–Kier alpha value is -3.47. The summed E-state index contributed by atoms with van der Waals surface area (Å²) in [6.45, 7) is -2.15. The quantitative estimate of drug-likeness (QED) is 0.157. The van der Waals surface area contributed by atoms with E-state index in [2.05, 4.69) is 20.0 Å². The first kappa shape index (κ1) is 29.0. The summed E-state index contributed by atoms with van der Waals surface area (Å²) in [5.74, 6) is 0.603. The van der Waals surface area contributed by atoms with Crippen LogP contribution in [0.1, 0.15) is 44.6 Å². The number of pyridine rings is 2. The predicted molar refractivity (Wildman–Crippen MR) is 152 cm³/mol. The van der Waals surface area contributed by atoms with Crippen LogP contribution in [0.3, 0.4) is 0 Å². The van der Waals surface area contributed by atoms with Gasteiger partial charge < -0.3 is 19.5 Å². The molecule has 0 saturated heterocycles. The van der Waals surface area contributed by atoms with Gasteiger partial charge in [-0.1, -0.05) is 35.3 Å². The molecule has 1 aliphatic carbocycles. The fraction of sp³-hybridized carbons (Fsp3) is 0.276. The van der Waals surface area contributed by atoms with Crippen LogP contribution in [0.25, 0.3) is 0 Å². The van der Waals surface area contributed by atoms with Crippen LogP contribution in [0.4, 0.5) is 14.6 Å². The van der Waals surface area contributed by atoms with Crippen molar-refractivity contribution in [2.45, 2.75) is 38.5 Å². The number of anilines is 1. The molecule has 0 bridgehead atoms. The Bertz CT molecular complexity index is 1470. The highest BCUT2D eigenvalue weighted by molar-refractivity contribution is 7.13. The fourth-order valence-electron chi connectivity index (χ4n) is 4.02. The van der Waals surface area contributed by atoms with Crippen molar-refractivity contribution in [3.05, 3.63) is 98.0 Å². The minimum atomic E-state index is -3.02. The molecule has 1 fully saturated rings. The molecule has 0 unspecified atom stereocenters. The number of benzene rings is 1. The summed E-state index contributed by atoms with van der Waals surface area (Å²) in [5, 5.41) is 3.93. The standard InChI is InChI=1S/C29H25Cl2F2N3O4S/c30-21-14-34-15-22(31)20(21)12-24(18-6-8-23(40-29(32)33)25(11-18)38-16-17-4-5-17)39-28(37)26-9-7-19(41-26)13-36-27-3-1-2-10-35-27/h1-3,6-11,14-15,17,24,29H,4-5,12-13,16H2,(H,35,36)/p+1/t24-/m0/s1. The summed E-state index contributed by atoms with van der Waals surface area (Å²) in [7, 11) is 0. The van der Waals surface area contributed by atoms with Gasteiger partial charge in [-0.15, -0.1) is 11.3 Å². The third-order valence-corrected chi connectivity index (χ3v) is 8.07. The van der Waals surface area contributed by atoms with Gasteiger partial charge in [0.2, 0.25) is 0 Å². The smallest absolute Gasteiger partial charge is 0.387 e. The van der Waals surface area contributed by atoms with E-state index in [0.29, 0.717) is 45.1 Å². The van der Waals surface area contributed by atoms with Crippen LogP contribution in [0.2, 0.25) is 10.0 Å². The number of carbonyl (C=O) groups is 1. The van der Waals surface area contributed by atoms with E-state index in [-0.39, 0.29) is 17.9 Å². The van der Waals surface area contributed by atoms with E-state index in [0.717, 1.165) is 23.5 Å². The molecule has 0 radical (unpaired) electrons. The number of aromatic nitrogens is 2. The monoisotopic (exact) mass is 620 g/mol. The number of esters is 1. The number of nitrogens with zero attached hydrogens (tertiary/aromatic N) is 1. The van der Waals surface area contributed by atoms with Crippen molar-refractivity contribution in [1.29, 1.82) is 0 Å². The molecular weight excluding hydrogens is 595 g/mol. The van der Waals surface area contributed by atoms with Crippen LogP contribution in [0, 0.1) is 5.92 Å². The lowest BCUT2D eigenvalue weighted by Gasteiger charge is -2.21. The number of nitrogens with one attached hydrogen (secondary N) is 2. The van der Waals surface area contributed by atoms with E-state index in [9.17, 15) is 13.6 Å². The molecule has 1 aliphatic rings. The number of alkyl halides is 2. The second kappa shape index (κ2) is 13.5. The Morgan fingerprint density at radius 2 is 1.90 bits per heavy atom. The molecule has 7 nitrogen and oxygen atoms in total. The van der Waals surface area contributed by atoms with Gasteiger partial charge in [-0.25, -0.2) is 14.8 Å². The van der Waals surface area contributed by atoms with Gasteiger partial charge in [0.1, 0.15) is 26.8 Å². The average molecular weight is 622 g/mol. The number of rotatable bonds is 13. The molecule has 0 amide bonds. The van der Waals surface area contributed by atoms with Gasteiger partial charge in [-0.3, -0.25) is 0 Å². The van der Waals surface area contributed by atoms with Crippen LogP contribution in [0.5, 0.6) is 11.5 Å². The first-order valence-corrected chi connectivity index (χ1v) is 14.4. The first-order chi connectivity index (χ1) is 19.9. The molecule has 0 spiro atoms. The summed E-state index contributed by atoms with van der Waals surface area (Å²) in [6.07, 6.45) is 6.16. The molecule has 41 heavy (non-hydrogen) atoms. The average Bonchev–Trinajstić information content (AvgIpc) is 3.67. The molecule has 3 aromatic heterocycles. The maximum Gasteiger partial charge on any atom is 0.387 e. The minimum absolute atomic E-state index is 0.0943. The van der Waals surface area contributed by atoms with Crippen molar-refractivity contribution in [3.8, 4) is 11.5 Å². The van der Waals surface area contributed by atoms with Crippen molar-refractivity contribution in [2.24, 2.45) is 5.92 Å². The lowest BCUT2D eigenvalue weighted by Crippen LogP contribution is -2.15. The van der Waals surface area contributed by atoms with Crippen LogP contribution < -0.4 is 19.8 Å². The van der Waals surface area contributed by atoms with Gasteiger partial charge in [0, 0.05) is 23.1 Å². The van der Waals surface area contributed by atoms with Crippen LogP contribution in [-0.4, -0.2) is 24.2 Å². The van der Waals surface area contributed by atoms with E-state index in [1.165, 1.54) is 17.4 Å². The lowest BCUT2D eigenvalue weighted by atomic mass is 10.0. The minimum Gasteiger partial charge on any atom is -0.489 e. The second-order valence-electron chi connectivity index (χ2n) is 9.40. The number of aromatic amines is 1. The second-order valence-corrected chi connectivity index (χ2v) is 11.4.